The van der Waals surface area contributed by atoms with Crippen LogP contribution in [0.15, 0.2) is 35.4 Å². The summed E-state index contributed by atoms with van der Waals surface area (Å²) in [7, 11) is -5.27. The molecule has 86 valence electrons. The van der Waals surface area contributed by atoms with E-state index in [4.69, 9.17) is 0 Å². The zero-order chi connectivity index (χ0) is 12.0. The fourth-order valence-electron chi connectivity index (χ4n) is 1.33. The molecule has 2 aromatic rings. The molecule has 2 rings (SSSR count). The molecule has 0 fully saturated rings. The number of sulfone groups is 1. The normalized spacial score (nSPS) is 13.2. The smallest absolute Gasteiger partial charge is 0.361 e. The number of alkyl halides is 3. The van der Waals surface area contributed by atoms with Gasteiger partial charge in [-0.15, -0.1) is 0 Å². The van der Waals surface area contributed by atoms with Crippen LogP contribution in [0.4, 0.5) is 13.2 Å². The van der Waals surface area contributed by atoms with Gasteiger partial charge in [-0.3, -0.25) is 0 Å². The molecule has 1 aromatic carbocycles. The van der Waals surface area contributed by atoms with E-state index >= 15 is 0 Å². The summed E-state index contributed by atoms with van der Waals surface area (Å²) in [6.45, 7) is 0. The van der Waals surface area contributed by atoms with Gasteiger partial charge >= 0.3 is 5.51 Å². The van der Waals surface area contributed by atoms with E-state index in [0.29, 0.717) is 10.9 Å². The molecule has 0 aliphatic rings. The Kier molecular flexibility index (Phi) is 2.23. The maximum absolute atomic E-state index is 12.2. The SMILES string of the molecule is O=S(=O)(c1ccc2cc[nH]c2c1)C(F)(F)F. The van der Waals surface area contributed by atoms with Crippen LogP contribution in [0.3, 0.4) is 0 Å². The average Bonchev–Trinajstić information content (AvgIpc) is 2.61. The zero-order valence-electron chi connectivity index (χ0n) is 7.75. The van der Waals surface area contributed by atoms with E-state index in [-0.39, 0.29) is 0 Å². The Hall–Kier alpha value is -1.50. The summed E-state index contributed by atoms with van der Waals surface area (Å²) in [5, 5.41) is 0.654. The van der Waals surface area contributed by atoms with E-state index < -0.39 is 20.2 Å². The minimum absolute atomic E-state index is 0.352. The lowest BCUT2D eigenvalue weighted by Gasteiger charge is -2.07. The summed E-state index contributed by atoms with van der Waals surface area (Å²) in [4.78, 5) is 1.90. The van der Waals surface area contributed by atoms with Crippen LogP contribution >= 0.6 is 0 Å². The molecule has 0 saturated carbocycles. The Morgan fingerprint density at radius 1 is 1.12 bits per heavy atom. The first kappa shape index (κ1) is 11.0. The Balaban J connectivity index is 2.64. The van der Waals surface area contributed by atoms with Gasteiger partial charge in [0.05, 0.1) is 4.90 Å². The second kappa shape index (κ2) is 3.24. The Labute approximate surface area is 88.8 Å². The molecule has 1 aromatic heterocycles. The highest BCUT2D eigenvalue weighted by Crippen LogP contribution is 2.31. The van der Waals surface area contributed by atoms with E-state index in [0.717, 1.165) is 12.1 Å². The number of benzene rings is 1. The number of nitrogens with one attached hydrogen (secondary N) is 1. The summed E-state index contributed by atoms with van der Waals surface area (Å²) >= 11 is 0. The van der Waals surface area contributed by atoms with Crippen LogP contribution < -0.4 is 0 Å². The van der Waals surface area contributed by atoms with Gasteiger partial charge in [-0.2, -0.15) is 13.2 Å². The van der Waals surface area contributed by atoms with Crippen molar-refractivity contribution in [3.8, 4) is 0 Å². The third-order valence-corrected chi connectivity index (χ3v) is 3.63. The third kappa shape index (κ3) is 1.57. The predicted octanol–water partition coefficient (Wildman–Crippen LogP) is 2.46. The van der Waals surface area contributed by atoms with Crippen LogP contribution in [0.2, 0.25) is 0 Å². The third-order valence-electron chi connectivity index (χ3n) is 2.14. The molecule has 0 atom stereocenters. The van der Waals surface area contributed by atoms with Crippen molar-refractivity contribution in [3.63, 3.8) is 0 Å². The van der Waals surface area contributed by atoms with Gasteiger partial charge in [0, 0.05) is 11.7 Å². The van der Waals surface area contributed by atoms with Gasteiger partial charge in [0.15, 0.2) is 0 Å². The molecule has 0 aliphatic carbocycles. The highest BCUT2D eigenvalue weighted by atomic mass is 32.2. The summed E-state index contributed by atoms with van der Waals surface area (Å²) in [5.41, 5.74) is -4.92. The van der Waals surface area contributed by atoms with E-state index in [1.807, 2.05) is 0 Å². The van der Waals surface area contributed by atoms with Crippen molar-refractivity contribution in [2.24, 2.45) is 0 Å². The number of rotatable bonds is 1. The Bertz CT molecular complexity index is 627. The molecule has 0 spiro atoms. The van der Waals surface area contributed by atoms with Crippen LogP contribution in [0.1, 0.15) is 0 Å². The predicted molar refractivity (Wildman–Crippen MR) is 51.5 cm³/mol. The van der Waals surface area contributed by atoms with E-state index in [9.17, 15) is 21.6 Å². The van der Waals surface area contributed by atoms with Gasteiger partial charge in [0.1, 0.15) is 0 Å². The Morgan fingerprint density at radius 2 is 1.81 bits per heavy atom. The molecule has 0 bridgehead atoms. The molecule has 16 heavy (non-hydrogen) atoms. The second-order valence-corrected chi connectivity index (χ2v) is 5.12. The summed E-state index contributed by atoms with van der Waals surface area (Å²) in [5.74, 6) is 0. The first-order valence-electron chi connectivity index (χ1n) is 4.21. The number of aromatic amines is 1. The van der Waals surface area contributed by atoms with Gasteiger partial charge < -0.3 is 4.98 Å². The van der Waals surface area contributed by atoms with Crippen LogP contribution in [0.5, 0.6) is 0 Å². The van der Waals surface area contributed by atoms with Gasteiger partial charge in [-0.25, -0.2) is 8.42 Å². The Morgan fingerprint density at radius 3 is 2.44 bits per heavy atom. The van der Waals surface area contributed by atoms with Crippen molar-refractivity contribution in [3.05, 3.63) is 30.5 Å². The number of fused-ring (bicyclic) bond motifs is 1. The largest absolute Gasteiger partial charge is 0.501 e. The van der Waals surface area contributed by atoms with Crippen molar-refractivity contribution < 1.29 is 21.6 Å². The monoisotopic (exact) mass is 249 g/mol. The number of hydrogen-bond donors (Lipinski definition) is 1. The van der Waals surface area contributed by atoms with Gasteiger partial charge in [0.25, 0.3) is 9.84 Å². The van der Waals surface area contributed by atoms with Crippen LogP contribution in [-0.2, 0) is 9.84 Å². The van der Waals surface area contributed by atoms with Crippen LogP contribution in [0, 0.1) is 0 Å². The lowest BCUT2D eigenvalue weighted by atomic mass is 10.2. The minimum Gasteiger partial charge on any atom is -0.361 e. The molecule has 3 nitrogen and oxygen atoms in total. The van der Waals surface area contributed by atoms with Crippen molar-refractivity contribution >= 4 is 20.7 Å². The van der Waals surface area contributed by atoms with Gasteiger partial charge in [-0.1, -0.05) is 6.07 Å². The maximum Gasteiger partial charge on any atom is 0.501 e. The van der Waals surface area contributed by atoms with Crippen molar-refractivity contribution in [1.82, 2.24) is 4.98 Å². The number of aromatic nitrogens is 1. The summed E-state index contributed by atoms with van der Waals surface area (Å²) in [6, 6.07) is 4.88. The zero-order valence-corrected chi connectivity index (χ0v) is 8.56. The van der Waals surface area contributed by atoms with Crippen LogP contribution in [-0.4, -0.2) is 18.9 Å². The average molecular weight is 249 g/mol. The topological polar surface area (TPSA) is 49.9 Å². The van der Waals surface area contributed by atoms with Gasteiger partial charge in [0.2, 0.25) is 0 Å². The molecule has 0 amide bonds. The number of H-pyrrole nitrogens is 1. The maximum atomic E-state index is 12.2. The van der Waals surface area contributed by atoms with Crippen molar-refractivity contribution in [1.29, 1.82) is 0 Å². The van der Waals surface area contributed by atoms with Crippen molar-refractivity contribution in [2.75, 3.05) is 0 Å². The molecule has 0 radical (unpaired) electrons. The van der Waals surface area contributed by atoms with Crippen LogP contribution in [0.25, 0.3) is 10.9 Å². The highest BCUT2D eigenvalue weighted by Gasteiger charge is 2.46. The van der Waals surface area contributed by atoms with Gasteiger partial charge in [-0.05, 0) is 23.6 Å². The first-order valence-corrected chi connectivity index (χ1v) is 5.69. The van der Waals surface area contributed by atoms with E-state index in [2.05, 4.69) is 4.98 Å². The lowest BCUT2D eigenvalue weighted by molar-refractivity contribution is -0.0435. The van der Waals surface area contributed by atoms with E-state index in [1.165, 1.54) is 12.3 Å². The molecule has 0 aliphatic heterocycles. The quantitative estimate of drug-likeness (QED) is 0.844. The number of hydrogen-bond acceptors (Lipinski definition) is 2. The molecule has 1 N–H and O–H groups in total. The summed E-state index contributed by atoms with van der Waals surface area (Å²) < 4.78 is 58.9. The first-order chi connectivity index (χ1) is 7.32. The number of halogens is 3. The second-order valence-electron chi connectivity index (χ2n) is 3.18. The molecule has 0 saturated heterocycles. The van der Waals surface area contributed by atoms with Crippen molar-refractivity contribution in [2.45, 2.75) is 10.4 Å². The highest BCUT2D eigenvalue weighted by molar-refractivity contribution is 7.92. The molecular formula is C9H6F3NO2S. The minimum atomic E-state index is -5.27. The summed E-state index contributed by atoms with van der Waals surface area (Å²) in [6.07, 6.45) is 1.52. The standard InChI is InChI=1S/C9H6F3NO2S/c10-9(11,12)16(14,15)7-2-1-6-3-4-13-8(6)5-7/h1-5,13H. The fraction of sp³-hybridized carbons (Fsp3) is 0.111. The molecular weight excluding hydrogens is 243 g/mol. The molecule has 0 unspecified atom stereocenters. The molecule has 7 heteroatoms. The lowest BCUT2D eigenvalue weighted by Crippen LogP contribution is -2.23. The fourth-order valence-corrected chi connectivity index (χ4v) is 2.12. The molecule has 1 heterocycles. The van der Waals surface area contributed by atoms with E-state index in [1.54, 1.807) is 6.07 Å².